The molecule has 1 amide bonds. The van der Waals surface area contributed by atoms with Crippen LogP contribution in [0, 0.1) is 6.92 Å². The van der Waals surface area contributed by atoms with E-state index < -0.39 is 0 Å². The van der Waals surface area contributed by atoms with Gasteiger partial charge in [0.05, 0.1) is 6.54 Å². The molecule has 0 heterocycles. The highest BCUT2D eigenvalue weighted by molar-refractivity contribution is 6.31. The Hall–Kier alpha value is -2.98. The summed E-state index contributed by atoms with van der Waals surface area (Å²) >= 11 is 6.12. The molecule has 0 aliphatic rings. The van der Waals surface area contributed by atoms with Crippen molar-refractivity contribution in [2.75, 3.05) is 17.2 Å². The molecule has 0 unspecified atom stereocenters. The minimum absolute atomic E-state index is 0.0992. The van der Waals surface area contributed by atoms with Gasteiger partial charge >= 0.3 is 0 Å². The van der Waals surface area contributed by atoms with Gasteiger partial charge in [-0.3, -0.25) is 4.79 Å². The summed E-state index contributed by atoms with van der Waals surface area (Å²) in [5, 5.41) is 6.64. The molecule has 3 aromatic carbocycles. The molecule has 0 saturated carbocycles. The zero-order valence-corrected chi connectivity index (χ0v) is 15.8. The second-order valence-corrected chi connectivity index (χ2v) is 6.58. The van der Waals surface area contributed by atoms with E-state index in [1.165, 1.54) is 0 Å². The molecular weight excluding hydrogens is 360 g/mol. The van der Waals surface area contributed by atoms with E-state index in [1.807, 2.05) is 79.7 Å². The van der Waals surface area contributed by atoms with E-state index in [4.69, 9.17) is 16.3 Å². The molecular formula is C22H21ClN2O2. The number of carbonyl (C=O) groups excluding carboxylic acids is 1. The van der Waals surface area contributed by atoms with Crippen molar-refractivity contribution in [3.63, 3.8) is 0 Å². The van der Waals surface area contributed by atoms with Gasteiger partial charge in [0.2, 0.25) is 5.91 Å². The smallest absolute Gasteiger partial charge is 0.243 e. The number of rotatable bonds is 7. The quantitative estimate of drug-likeness (QED) is 0.586. The summed E-state index contributed by atoms with van der Waals surface area (Å²) in [6.07, 6.45) is 0. The van der Waals surface area contributed by atoms with Gasteiger partial charge in [-0.25, -0.2) is 0 Å². The van der Waals surface area contributed by atoms with Gasteiger partial charge in [-0.1, -0.05) is 47.5 Å². The van der Waals surface area contributed by atoms with Crippen LogP contribution in [0.25, 0.3) is 0 Å². The van der Waals surface area contributed by atoms with Crippen molar-refractivity contribution in [3.8, 4) is 5.75 Å². The maximum atomic E-state index is 12.0. The van der Waals surface area contributed by atoms with Crippen molar-refractivity contribution in [2.45, 2.75) is 13.5 Å². The van der Waals surface area contributed by atoms with Crippen LogP contribution in [0.2, 0.25) is 5.02 Å². The average molecular weight is 381 g/mol. The summed E-state index contributed by atoms with van der Waals surface area (Å²) in [5.74, 6) is 0.641. The fraction of sp³-hybridized carbons (Fsp3) is 0.136. The maximum absolute atomic E-state index is 12.0. The zero-order chi connectivity index (χ0) is 19.1. The maximum Gasteiger partial charge on any atom is 0.243 e. The summed E-state index contributed by atoms with van der Waals surface area (Å²) in [7, 11) is 0. The summed E-state index contributed by atoms with van der Waals surface area (Å²) in [6.45, 7) is 2.61. The largest absolute Gasteiger partial charge is 0.489 e. The molecule has 0 fully saturated rings. The van der Waals surface area contributed by atoms with Crippen LogP contribution in [-0.4, -0.2) is 12.5 Å². The Kier molecular flexibility index (Phi) is 6.34. The summed E-state index contributed by atoms with van der Waals surface area (Å²) in [4.78, 5) is 12.0. The molecule has 138 valence electrons. The second-order valence-electron chi connectivity index (χ2n) is 6.17. The topological polar surface area (TPSA) is 50.4 Å². The molecule has 0 atom stereocenters. The molecule has 27 heavy (non-hydrogen) atoms. The molecule has 0 aliphatic carbocycles. The zero-order valence-electron chi connectivity index (χ0n) is 15.0. The standard InChI is InChI=1S/C22H21ClN2O2/c1-16-6-8-19(9-7-16)25-22(26)14-24-18-10-12-20(13-11-18)27-15-17-4-2-3-5-21(17)23/h2-13,24H,14-15H2,1H3,(H,25,26). The number of aryl methyl sites for hydroxylation is 1. The summed E-state index contributed by atoms with van der Waals surface area (Å²) in [5.41, 5.74) is 3.73. The SMILES string of the molecule is Cc1ccc(NC(=O)CNc2ccc(OCc3ccccc3Cl)cc2)cc1. The minimum Gasteiger partial charge on any atom is -0.489 e. The first kappa shape index (κ1) is 18.8. The summed E-state index contributed by atoms with van der Waals surface area (Å²) < 4.78 is 5.75. The van der Waals surface area contributed by atoms with Crippen LogP contribution < -0.4 is 15.4 Å². The normalized spacial score (nSPS) is 10.3. The van der Waals surface area contributed by atoms with E-state index in [9.17, 15) is 4.79 Å². The number of anilines is 2. The van der Waals surface area contributed by atoms with Crippen molar-refractivity contribution >= 4 is 28.9 Å². The lowest BCUT2D eigenvalue weighted by atomic mass is 10.2. The number of nitrogens with one attached hydrogen (secondary N) is 2. The van der Waals surface area contributed by atoms with Crippen molar-refractivity contribution in [1.29, 1.82) is 0 Å². The van der Waals surface area contributed by atoms with Crippen LogP contribution in [0.1, 0.15) is 11.1 Å². The highest BCUT2D eigenvalue weighted by Gasteiger charge is 2.04. The molecule has 0 spiro atoms. The molecule has 0 bridgehead atoms. The van der Waals surface area contributed by atoms with E-state index in [-0.39, 0.29) is 12.5 Å². The van der Waals surface area contributed by atoms with Crippen molar-refractivity contribution in [1.82, 2.24) is 0 Å². The van der Waals surface area contributed by atoms with Crippen LogP contribution in [0.15, 0.2) is 72.8 Å². The summed E-state index contributed by atoms with van der Waals surface area (Å²) in [6, 6.07) is 22.8. The van der Waals surface area contributed by atoms with Crippen LogP contribution >= 0.6 is 11.6 Å². The lowest BCUT2D eigenvalue weighted by Crippen LogP contribution is -2.21. The van der Waals surface area contributed by atoms with Gasteiger partial charge in [-0.2, -0.15) is 0 Å². The highest BCUT2D eigenvalue weighted by atomic mass is 35.5. The van der Waals surface area contributed by atoms with Gasteiger partial charge in [0.15, 0.2) is 0 Å². The van der Waals surface area contributed by atoms with E-state index in [0.29, 0.717) is 11.6 Å². The van der Waals surface area contributed by atoms with Crippen LogP contribution in [0.3, 0.4) is 0 Å². The number of hydrogen-bond acceptors (Lipinski definition) is 3. The first-order chi connectivity index (χ1) is 13.1. The lowest BCUT2D eigenvalue weighted by Gasteiger charge is -2.10. The van der Waals surface area contributed by atoms with Gasteiger partial charge in [0.1, 0.15) is 12.4 Å². The molecule has 5 heteroatoms. The number of carbonyl (C=O) groups is 1. The van der Waals surface area contributed by atoms with Crippen molar-refractivity contribution < 1.29 is 9.53 Å². The minimum atomic E-state index is -0.0992. The molecule has 3 aromatic rings. The number of amides is 1. The molecule has 0 radical (unpaired) electrons. The predicted octanol–water partition coefficient (Wildman–Crippen LogP) is 5.28. The Morgan fingerprint density at radius 1 is 0.926 bits per heavy atom. The van der Waals surface area contributed by atoms with Gasteiger partial charge < -0.3 is 15.4 Å². The Morgan fingerprint density at radius 3 is 2.30 bits per heavy atom. The molecule has 3 rings (SSSR count). The van der Waals surface area contributed by atoms with Crippen molar-refractivity contribution in [2.24, 2.45) is 0 Å². The average Bonchev–Trinajstić information content (AvgIpc) is 2.68. The van der Waals surface area contributed by atoms with Gasteiger partial charge in [0.25, 0.3) is 0 Å². The molecule has 0 aromatic heterocycles. The Labute approximate surface area is 164 Å². The third kappa shape index (κ3) is 5.76. The van der Waals surface area contributed by atoms with Crippen LogP contribution in [0.5, 0.6) is 5.75 Å². The van der Waals surface area contributed by atoms with Crippen LogP contribution in [0.4, 0.5) is 11.4 Å². The van der Waals surface area contributed by atoms with E-state index >= 15 is 0 Å². The third-order valence-electron chi connectivity index (χ3n) is 3.99. The Balaban J connectivity index is 1.46. The first-order valence-corrected chi connectivity index (χ1v) is 9.04. The van der Waals surface area contributed by atoms with Gasteiger partial charge in [0, 0.05) is 22.0 Å². The van der Waals surface area contributed by atoms with E-state index in [2.05, 4.69) is 10.6 Å². The monoisotopic (exact) mass is 380 g/mol. The van der Waals surface area contributed by atoms with Gasteiger partial charge in [-0.15, -0.1) is 0 Å². The molecule has 0 saturated heterocycles. The van der Waals surface area contributed by atoms with E-state index in [0.717, 1.165) is 28.3 Å². The third-order valence-corrected chi connectivity index (χ3v) is 4.36. The van der Waals surface area contributed by atoms with Crippen LogP contribution in [-0.2, 0) is 11.4 Å². The lowest BCUT2D eigenvalue weighted by molar-refractivity contribution is -0.114. The number of halogens is 1. The fourth-order valence-corrected chi connectivity index (χ4v) is 2.66. The Bertz CT molecular complexity index is 893. The van der Waals surface area contributed by atoms with Crippen molar-refractivity contribution in [3.05, 3.63) is 88.9 Å². The molecule has 2 N–H and O–H groups in total. The highest BCUT2D eigenvalue weighted by Crippen LogP contribution is 2.20. The number of benzene rings is 3. The fourth-order valence-electron chi connectivity index (χ4n) is 2.47. The van der Waals surface area contributed by atoms with E-state index in [1.54, 1.807) is 0 Å². The molecule has 0 aliphatic heterocycles. The van der Waals surface area contributed by atoms with Gasteiger partial charge in [-0.05, 0) is 49.4 Å². The Morgan fingerprint density at radius 2 is 1.59 bits per heavy atom. The second kappa shape index (κ2) is 9.10. The predicted molar refractivity (Wildman–Crippen MR) is 111 cm³/mol. The number of hydrogen-bond donors (Lipinski definition) is 2. The molecule has 4 nitrogen and oxygen atoms in total. The first-order valence-electron chi connectivity index (χ1n) is 8.67. The number of ether oxygens (including phenoxy) is 1.